The third-order valence-corrected chi connectivity index (χ3v) is 5.29. The molecule has 1 N–H and O–H groups in total. The van der Waals surface area contributed by atoms with Crippen molar-refractivity contribution in [1.82, 2.24) is 0 Å². The number of anilines is 1. The summed E-state index contributed by atoms with van der Waals surface area (Å²) in [5.41, 5.74) is 0.946. The van der Waals surface area contributed by atoms with Gasteiger partial charge in [0.15, 0.2) is 5.06 Å². The van der Waals surface area contributed by atoms with E-state index in [1.54, 1.807) is 6.92 Å². The van der Waals surface area contributed by atoms with Crippen molar-refractivity contribution in [2.24, 2.45) is 4.99 Å². The van der Waals surface area contributed by atoms with Gasteiger partial charge >= 0.3 is 0 Å². The molecular formula is C18H16F2N2O3S. The van der Waals surface area contributed by atoms with Crippen LogP contribution in [-0.2, 0) is 16.1 Å². The minimum atomic E-state index is -0.786. The van der Waals surface area contributed by atoms with Gasteiger partial charge in [0.05, 0.1) is 24.5 Å². The zero-order chi connectivity index (χ0) is 18.4. The van der Waals surface area contributed by atoms with Gasteiger partial charge in [-0.2, -0.15) is 0 Å². The Hall–Kier alpha value is -2.32. The average molecular weight is 378 g/mol. The van der Waals surface area contributed by atoms with Crippen LogP contribution in [0.5, 0.6) is 5.06 Å². The first-order chi connectivity index (χ1) is 12.5. The van der Waals surface area contributed by atoms with Crippen LogP contribution in [0, 0.1) is 11.6 Å². The third-order valence-electron chi connectivity index (χ3n) is 4.25. The van der Waals surface area contributed by atoms with Crippen molar-refractivity contribution in [3.05, 3.63) is 46.5 Å². The summed E-state index contributed by atoms with van der Waals surface area (Å²) in [4.78, 5) is 16.6. The number of fused-ring (bicyclic) bond motifs is 3. The average Bonchev–Trinajstić information content (AvgIpc) is 2.70. The van der Waals surface area contributed by atoms with Crippen molar-refractivity contribution in [2.45, 2.75) is 32.6 Å². The number of carbonyl (C=O) groups is 1. The fourth-order valence-electron chi connectivity index (χ4n) is 3.00. The highest BCUT2D eigenvalue weighted by Gasteiger charge is 2.33. The van der Waals surface area contributed by atoms with Crippen LogP contribution in [0.2, 0.25) is 0 Å². The zero-order valence-electron chi connectivity index (χ0n) is 14.1. The molecule has 2 atom stereocenters. The summed E-state index contributed by atoms with van der Waals surface area (Å²) in [5.74, 6) is -1.82. The highest BCUT2D eigenvalue weighted by molar-refractivity contribution is 7.18. The van der Waals surface area contributed by atoms with E-state index >= 15 is 0 Å². The van der Waals surface area contributed by atoms with Crippen LogP contribution in [0.4, 0.5) is 13.8 Å². The first kappa shape index (κ1) is 17.1. The molecule has 0 unspecified atom stereocenters. The van der Waals surface area contributed by atoms with Crippen molar-refractivity contribution in [2.75, 3.05) is 11.9 Å². The second-order valence-electron chi connectivity index (χ2n) is 6.26. The van der Waals surface area contributed by atoms with Gasteiger partial charge in [0.2, 0.25) is 5.91 Å². The van der Waals surface area contributed by atoms with Gasteiger partial charge in [0.1, 0.15) is 28.8 Å². The molecule has 4 rings (SSSR count). The maximum absolute atomic E-state index is 14.5. The number of ether oxygens (including phenoxy) is 2. The second-order valence-corrected chi connectivity index (χ2v) is 7.24. The van der Waals surface area contributed by atoms with Crippen molar-refractivity contribution >= 4 is 28.0 Å². The number of aliphatic imine (C=N–C) groups is 1. The summed E-state index contributed by atoms with van der Waals surface area (Å²) in [5, 5.41) is 3.82. The quantitative estimate of drug-likeness (QED) is 0.826. The molecule has 2 aliphatic rings. The molecule has 3 heterocycles. The van der Waals surface area contributed by atoms with E-state index in [-0.39, 0.29) is 29.9 Å². The number of nitrogens with zero attached hydrogens (tertiary/aromatic N) is 1. The molecule has 1 aromatic carbocycles. The first-order valence-corrected chi connectivity index (χ1v) is 9.01. The lowest BCUT2D eigenvalue weighted by Crippen LogP contribution is -2.22. The summed E-state index contributed by atoms with van der Waals surface area (Å²) in [6.45, 7) is 4.06. The lowest BCUT2D eigenvalue weighted by molar-refractivity contribution is -0.116. The van der Waals surface area contributed by atoms with Crippen LogP contribution in [0.1, 0.15) is 30.5 Å². The summed E-state index contributed by atoms with van der Waals surface area (Å²) >= 11 is 1.22. The molecule has 1 amide bonds. The van der Waals surface area contributed by atoms with E-state index < -0.39 is 17.7 Å². The maximum Gasteiger partial charge on any atom is 0.249 e. The van der Waals surface area contributed by atoms with Gasteiger partial charge in [-0.15, -0.1) is 0 Å². The fourth-order valence-corrected chi connectivity index (χ4v) is 4.16. The molecule has 1 aromatic heterocycles. The van der Waals surface area contributed by atoms with Crippen LogP contribution >= 0.6 is 11.3 Å². The molecule has 136 valence electrons. The van der Waals surface area contributed by atoms with Crippen LogP contribution in [-0.4, -0.2) is 30.4 Å². The normalized spacial score (nSPS) is 22.3. The van der Waals surface area contributed by atoms with Crippen LogP contribution in [0.25, 0.3) is 0 Å². The van der Waals surface area contributed by atoms with E-state index in [4.69, 9.17) is 9.47 Å². The molecule has 0 saturated heterocycles. The minimum absolute atomic E-state index is 0.0979. The smallest absolute Gasteiger partial charge is 0.249 e. The molecule has 0 aliphatic carbocycles. The molecular weight excluding hydrogens is 362 g/mol. The first-order valence-electron chi connectivity index (χ1n) is 8.19. The molecule has 0 spiro atoms. The number of hydrogen-bond acceptors (Lipinski definition) is 5. The van der Waals surface area contributed by atoms with Gasteiger partial charge in [-0.25, -0.2) is 8.78 Å². The Morgan fingerprint density at radius 3 is 2.69 bits per heavy atom. The van der Waals surface area contributed by atoms with Gasteiger partial charge in [0, 0.05) is 11.1 Å². The zero-order valence-corrected chi connectivity index (χ0v) is 15.0. The molecule has 2 aliphatic heterocycles. The molecule has 0 fully saturated rings. The lowest BCUT2D eigenvalue weighted by atomic mass is 9.99. The SMILES string of the molecule is C[C@@H]1N=C(c2c(F)cccc2F)c2c(sc3c2COC[C@H](C)O3)NC1=O. The van der Waals surface area contributed by atoms with Crippen molar-refractivity contribution in [3.8, 4) is 5.06 Å². The van der Waals surface area contributed by atoms with E-state index in [2.05, 4.69) is 10.3 Å². The molecule has 26 heavy (non-hydrogen) atoms. The minimum Gasteiger partial charge on any atom is -0.478 e. The number of rotatable bonds is 1. The molecule has 2 aromatic rings. The van der Waals surface area contributed by atoms with Crippen molar-refractivity contribution in [3.63, 3.8) is 0 Å². The van der Waals surface area contributed by atoms with Gasteiger partial charge in [-0.05, 0) is 26.0 Å². The fraction of sp³-hybridized carbons (Fsp3) is 0.333. The summed E-state index contributed by atoms with van der Waals surface area (Å²) in [6.07, 6.45) is -0.168. The predicted octanol–water partition coefficient (Wildman–Crippen LogP) is 3.50. The van der Waals surface area contributed by atoms with E-state index in [0.717, 1.165) is 0 Å². The van der Waals surface area contributed by atoms with Crippen molar-refractivity contribution in [1.29, 1.82) is 0 Å². The molecule has 0 saturated carbocycles. The van der Waals surface area contributed by atoms with E-state index in [1.165, 1.54) is 29.5 Å². The Balaban J connectivity index is 1.98. The molecule has 5 nitrogen and oxygen atoms in total. The topological polar surface area (TPSA) is 59.9 Å². The number of thiophene rings is 1. The van der Waals surface area contributed by atoms with Crippen LogP contribution in [0.3, 0.4) is 0 Å². The molecule has 0 bridgehead atoms. The summed E-state index contributed by atoms with van der Waals surface area (Å²) in [6, 6.07) is 2.85. The number of nitrogens with one attached hydrogen (secondary N) is 1. The Bertz CT molecular complexity index is 905. The largest absolute Gasteiger partial charge is 0.478 e. The number of amides is 1. The van der Waals surface area contributed by atoms with Gasteiger partial charge < -0.3 is 14.8 Å². The Labute approximate surface area is 152 Å². The molecule has 8 heteroatoms. The van der Waals surface area contributed by atoms with E-state index in [1.807, 2.05) is 6.92 Å². The highest BCUT2D eigenvalue weighted by Crippen LogP contribution is 2.44. The third kappa shape index (κ3) is 2.79. The number of halogens is 2. The maximum atomic E-state index is 14.5. The number of hydrogen-bond donors (Lipinski definition) is 1. The van der Waals surface area contributed by atoms with Crippen molar-refractivity contribution < 1.29 is 23.0 Å². The van der Waals surface area contributed by atoms with Gasteiger partial charge in [-0.3, -0.25) is 9.79 Å². The Morgan fingerprint density at radius 2 is 1.96 bits per heavy atom. The van der Waals surface area contributed by atoms with Crippen LogP contribution < -0.4 is 10.1 Å². The van der Waals surface area contributed by atoms with Crippen LogP contribution in [0.15, 0.2) is 23.2 Å². The monoisotopic (exact) mass is 378 g/mol. The lowest BCUT2D eigenvalue weighted by Gasteiger charge is -2.11. The standard InChI is InChI=1S/C18H16F2N2O3S/c1-8-6-24-7-10-13-15(14-11(19)4-3-5-12(14)20)21-9(2)16(23)22-17(13)26-18(10)25-8/h3-5,8-9H,6-7H2,1-2H3,(H,22,23)/t8-,9-/m0/s1. The number of carbonyl (C=O) groups excluding carboxylic acids is 1. The predicted molar refractivity (Wildman–Crippen MR) is 94.2 cm³/mol. The summed E-state index contributed by atoms with van der Waals surface area (Å²) < 4.78 is 40.4. The number of benzene rings is 1. The summed E-state index contributed by atoms with van der Waals surface area (Å²) in [7, 11) is 0. The van der Waals surface area contributed by atoms with E-state index in [9.17, 15) is 13.6 Å². The Morgan fingerprint density at radius 1 is 1.23 bits per heavy atom. The highest BCUT2D eigenvalue weighted by atomic mass is 32.1. The van der Waals surface area contributed by atoms with Gasteiger partial charge in [0.25, 0.3) is 0 Å². The molecule has 0 radical (unpaired) electrons. The van der Waals surface area contributed by atoms with Gasteiger partial charge in [-0.1, -0.05) is 17.4 Å². The second kappa shape index (κ2) is 6.44. The Kier molecular flexibility index (Phi) is 4.24. The van der Waals surface area contributed by atoms with E-state index in [0.29, 0.717) is 27.8 Å².